The van der Waals surface area contributed by atoms with E-state index in [2.05, 4.69) is 14.9 Å². The van der Waals surface area contributed by atoms with E-state index in [1.807, 2.05) is 24.9 Å². The molecule has 122 valence electrons. The van der Waals surface area contributed by atoms with Gasteiger partial charge < -0.3 is 20.1 Å². The van der Waals surface area contributed by atoms with Crippen molar-refractivity contribution >= 4 is 11.7 Å². The van der Waals surface area contributed by atoms with Crippen molar-refractivity contribution < 1.29 is 14.3 Å². The van der Waals surface area contributed by atoms with Crippen molar-refractivity contribution in [2.45, 2.75) is 13.0 Å². The lowest BCUT2D eigenvalue weighted by atomic mass is 10.2. The summed E-state index contributed by atoms with van der Waals surface area (Å²) in [4.78, 5) is 23.3. The van der Waals surface area contributed by atoms with Gasteiger partial charge in [0.25, 0.3) is 0 Å². The van der Waals surface area contributed by atoms with Gasteiger partial charge in [-0.15, -0.1) is 0 Å². The first-order chi connectivity index (χ1) is 10.6. The number of ether oxygens (including phenoxy) is 2. The quantitative estimate of drug-likeness (QED) is 0.725. The van der Waals surface area contributed by atoms with E-state index >= 15 is 0 Å². The van der Waals surface area contributed by atoms with Crippen LogP contribution >= 0.6 is 0 Å². The van der Waals surface area contributed by atoms with Crippen LogP contribution in [0.5, 0.6) is 5.88 Å². The van der Waals surface area contributed by atoms with Crippen molar-refractivity contribution in [3.8, 4) is 5.88 Å². The fourth-order valence-electron chi connectivity index (χ4n) is 2.45. The molecule has 0 bridgehead atoms. The first-order valence-electron chi connectivity index (χ1n) is 7.36. The van der Waals surface area contributed by atoms with Gasteiger partial charge >= 0.3 is 0 Å². The first kappa shape index (κ1) is 16.4. The molecule has 1 aromatic heterocycles. The number of hydrogen-bond acceptors (Lipinski definition) is 7. The van der Waals surface area contributed by atoms with Crippen LogP contribution in [-0.4, -0.2) is 73.3 Å². The van der Waals surface area contributed by atoms with Crippen molar-refractivity contribution in [3.63, 3.8) is 0 Å². The molecule has 2 heterocycles. The minimum atomic E-state index is -0.340. The highest BCUT2D eigenvalue weighted by Gasteiger charge is 2.23. The predicted octanol–water partition coefficient (Wildman–Crippen LogP) is -0.502. The van der Waals surface area contributed by atoms with E-state index in [4.69, 9.17) is 15.2 Å². The summed E-state index contributed by atoms with van der Waals surface area (Å²) in [6.45, 7) is 5.43. The molecule has 8 heteroatoms. The van der Waals surface area contributed by atoms with E-state index < -0.39 is 0 Å². The van der Waals surface area contributed by atoms with E-state index in [-0.39, 0.29) is 18.6 Å². The second kappa shape index (κ2) is 7.90. The van der Waals surface area contributed by atoms with Crippen molar-refractivity contribution in [3.05, 3.63) is 12.4 Å². The van der Waals surface area contributed by atoms with Gasteiger partial charge in [-0.25, -0.2) is 9.97 Å². The molecule has 2 N–H and O–H groups in total. The molecule has 22 heavy (non-hydrogen) atoms. The number of hydrogen-bond donors (Lipinski definition) is 1. The van der Waals surface area contributed by atoms with E-state index in [0.717, 1.165) is 12.4 Å². The van der Waals surface area contributed by atoms with Gasteiger partial charge in [-0.2, -0.15) is 0 Å². The summed E-state index contributed by atoms with van der Waals surface area (Å²) < 4.78 is 11.2. The zero-order valence-electron chi connectivity index (χ0n) is 13.1. The molecule has 1 aliphatic rings. The lowest BCUT2D eigenvalue weighted by molar-refractivity contribution is -0.119. The van der Waals surface area contributed by atoms with Gasteiger partial charge in [-0.3, -0.25) is 9.69 Å². The Hall–Kier alpha value is -1.93. The molecule has 0 radical (unpaired) electrons. The molecule has 8 nitrogen and oxygen atoms in total. The number of anilines is 1. The van der Waals surface area contributed by atoms with E-state index in [0.29, 0.717) is 32.2 Å². The topological polar surface area (TPSA) is 93.8 Å². The summed E-state index contributed by atoms with van der Waals surface area (Å²) in [5.74, 6) is 1.05. The summed E-state index contributed by atoms with van der Waals surface area (Å²) in [5.41, 5.74) is 5.20. The number of morpholine rings is 1. The lowest BCUT2D eigenvalue weighted by Crippen LogP contribution is -2.48. The molecular weight excluding hydrogens is 286 g/mol. The lowest BCUT2D eigenvalue weighted by Gasteiger charge is -2.35. The Morgan fingerprint density at radius 2 is 2.41 bits per heavy atom. The third-order valence-electron chi connectivity index (χ3n) is 3.32. The van der Waals surface area contributed by atoms with Gasteiger partial charge in [-0.1, -0.05) is 0 Å². The highest BCUT2D eigenvalue weighted by molar-refractivity contribution is 5.75. The van der Waals surface area contributed by atoms with Gasteiger partial charge in [0, 0.05) is 25.7 Å². The summed E-state index contributed by atoms with van der Waals surface area (Å²) in [5, 5.41) is 0. The molecule has 0 aromatic carbocycles. The van der Waals surface area contributed by atoms with Gasteiger partial charge in [0.05, 0.1) is 25.9 Å². The average Bonchev–Trinajstić information content (AvgIpc) is 2.47. The van der Waals surface area contributed by atoms with Crippen molar-refractivity contribution in [1.82, 2.24) is 14.9 Å². The molecule has 1 atom stereocenters. The molecule has 1 amide bonds. The normalized spacial score (nSPS) is 18.5. The van der Waals surface area contributed by atoms with Gasteiger partial charge in [0.2, 0.25) is 11.8 Å². The average molecular weight is 309 g/mol. The maximum absolute atomic E-state index is 10.9. The Morgan fingerprint density at radius 1 is 1.59 bits per heavy atom. The van der Waals surface area contributed by atoms with Crippen LogP contribution in [0.4, 0.5) is 5.82 Å². The van der Waals surface area contributed by atoms with Gasteiger partial charge in [-0.05, 0) is 14.0 Å². The maximum Gasteiger partial charge on any atom is 0.231 e. The fraction of sp³-hybridized carbons (Fsp3) is 0.643. The largest absolute Gasteiger partial charge is 0.478 e. The number of amides is 1. The molecule has 1 saturated heterocycles. The maximum atomic E-state index is 10.9. The molecule has 1 aliphatic heterocycles. The SMILES string of the molecule is CCOc1cc(N2CCO[C@@H](CN(C)CC(N)=O)C2)ncn1. The van der Waals surface area contributed by atoms with Crippen LogP contribution in [0.1, 0.15) is 6.92 Å². The zero-order valence-corrected chi connectivity index (χ0v) is 13.1. The second-order valence-corrected chi connectivity index (χ2v) is 5.25. The molecule has 0 spiro atoms. The van der Waals surface area contributed by atoms with Gasteiger partial charge in [0.15, 0.2) is 0 Å². The molecular formula is C14H23N5O3. The van der Waals surface area contributed by atoms with Crippen molar-refractivity contribution in [1.29, 1.82) is 0 Å². The van der Waals surface area contributed by atoms with Gasteiger partial charge in [0.1, 0.15) is 12.1 Å². The monoisotopic (exact) mass is 309 g/mol. The smallest absolute Gasteiger partial charge is 0.231 e. The number of likely N-dealkylation sites (N-methyl/N-ethyl adjacent to an activating group) is 1. The molecule has 2 rings (SSSR count). The Morgan fingerprint density at radius 3 is 3.14 bits per heavy atom. The fourth-order valence-corrected chi connectivity index (χ4v) is 2.45. The number of primary amides is 1. The van der Waals surface area contributed by atoms with Crippen LogP contribution in [0.2, 0.25) is 0 Å². The standard InChI is InChI=1S/C14H23N5O3/c1-3-21-14-6-13(16-10-17-14)19-4-5-22-11(8-19)7-18(2)9-12(15)20/h6,10-11H,3-5,7-9H2,1-2H3,(H2,15,20)/t11-/m0/s1. The molecule has 0 saturated carbocycles. The zero-order chi connectivity index (χ0) is 15.9. The first-order valence-corrected chi connectivity index (χ1v) is 7.36. The molecule has 0 aliphatic carbocycles. The number of nitrogens with zero attached hydrogens (tertiary/aromatic N) is 4. The number of carbonyl (C=O) groups is 1. The highest BCUT2D eigenvalue weighted by atomic mass is 16.5. The van der Waals surface area contributed by atoms with E-state index in [9.17, 15) is 4.79 Å². The minimum Gasteiger partial charge on any atom is -0.478 e. The number of carbonyl (C=O) groups excluding carboxylic acids is 1. The van der Waals surface area contributed by atoms with Crippen LogP contribution in [0.3, 0.4) is 0 Å². The van der Waals surface area contributed by atoms with E-state index in [1.165, 1.54) is 6.33 Å². The molecule has 0 unspecified atom stereocenters. The van der Waals surface area contributed by atoms with Crippen LogP contribution in [0, 0.1) is 0 Å². The van der Waals surface area contributed by atoms with Crippen LogP contribution in [0.15, 0.2) is 12.4 Å². The van der Waals surface area contributed by atoms with Crippen LogP contribution < -0.4 is 15.4 Å². The van der Waals surface area contributed by atoms with E-state index in [1.54, 1.807) is 0 Å². The Bertz CT molecular complexity index is 499. The second-order valence-electron chi connectivity index (χ2n) is 5.25. The van der Waals surface area contributed by atoms with Crippen LogP contribution in [-0.2, 0) is 9.53 Å². The van der Waals surface area contributed by atoms with Crippen molar-refractivity contribution in [2.75, 3.05) is 51.3 Å². The Balaban J connectivity index is 1.95. The number of nitrogens with two attached hydrogens (primary N) is 1. The summed E-state index contributed by atoms with van der Waals surface area (Å²) in [6.07, 6.45) is 1.51. The summed E-state index contributed by atoms with van der Waals surface area (Å²) >= 11 is 0. The number of rotatable bonds is 7. The highest BCUT2D eigenvalue weighted by Crippen LogP contribution is 2.18. The number of aromatic nitrogens is 2. The molecule has 1 aromatic rings. The minimum absolute atomic E-state index is 0.00334. The summed E-state index contributed by atoms with van der Waals surface area (Å²) in [7, 11) is 1.85. The molecule has 1 fully saturated rings. The Labute approximate surface area is 130 Å². The summed E-state index contributed by atoms with van der Waals surface area (Å²) in [6, 6.07) is 1.83. The predicted molar refractivity (Wildman–Crippen MR) is 81.8 cm³/mol. The third-order valence-corrected chi connectivity index (χ3v) is 3.32. The third kappa shape index (κ3) is 4.81. The van der Waals surface area contributed by atoms with Crippen LogP contribution in [0.25, 0.3) is 0 Å². The van der Waals surface area contributed by atoms with Crippen molar-refractivity contribution in [2.24, 2.45) is 5.73 Å². The Kier molecular flexibility index (Phi) is 5.91.